The quantitative estimate of drug-likeness (QED) is 0.880. The van der Waals surface area contributed by atoms with Crippen LogP contribution in [-0.2, 0) is 6.61 Å². The number of nitrogens with two attached hydrogens (primary N) is 1. The van der Waals surface area contributed by atoms with Gasteiger partial charge in [-0.05, 0) is 30.3 Å². The Hall–Kier alpha value is -1.29. The molecule has 0 aliphatic carbocycles. The van der Waals surface area contributed by atoms with Gasteiger partial charge in [0.1, 0.15) is 0 Å². The number of pyridine rings is 1. The molecule has 0 aliphatic heterocycles. The molecular weight excluding hydrogens is 259 g/mol. The summed E-state index contributed by atoms with van der Waals surface area (Å²) in [5.74, 6) is 0. The van der Waals surface area contributed by atoms with Crippen molar-refractivity contribution in [3.8, 4) is 11.3 Å². The summed E-state index contributed by atoms with van der Waals surface area (Å²) in [5, 5.41) is 10.1. The molecule has 3 N–H and O–H groups in total. The maximum Gasteiger partial charge on any atom is 0.0950 e. The molecule has 1 aromatic carbocycles. The van der Waals surface area contributed by atoms with Crippen LogP contribution < -0.4 is 5.73 Å². The molecule has 5 heteroatoms. The Kier molecular flexibility index (Phi) is 3.52. The van der Waals surface area contributed by atoms with Gasteiger partial charge in [0.15, 0.2) is 0 Å². The van der Waals surface area contributed by atoms with Crippen LogP contribution in [0.4, 0.5) is 5.69 Å². The van der Waals surface area contributed by atoms with Crippen molar-refractivity contribution >= 4 is 28.9 Å². The van der Waals surface area contributed by atoms with Crippen molar-refractivity contribution < 1.29 is 5.11 Å². The zero-order chi connectivity index (χ0) is 12.4. The van der Waals surface area contributed by atoms with Crippen molar-refractivity contribution in [1.82, 2.24) is 4.98 Å². The van der Waals surface area contributed by atoms with Gasteiger partial charge in [0, 0.05) is 10.6 Å². The summed E-state index contributed by atoms with van der Waals surface area (Å²) in [5.41, 5.74) is 8.15. The maximum atomic E-state index is 9.06. The lowest BCUT2D eigenvalue weighted by Gasteiger charge is -2.08. The molecule has 1 aromatic heterocycles. The number of benzene rings is 1. The first-order valence-corrected chi connectivity index (χ1v) is 5.69. The summed E-state index contributed by atoms with van der Waals surface area (Å²) in [7, 11) is 0. The van der Waals surface area contributed by atoms with Crippen molar-refractivity contribution in [3.05, 3.63) is 46.1 Å². The van der Waals surface area contributed by atoms with E-state index in [-0.39, 0.29) is 6.61 Å². The molecule has 0 aliphatic rings. The molecule has 88 valence electrons. The summed E-state index contributed by atoms with van der Waals surface area (Å²) in [6.07, 6.45) is 0. The molecule has 2 aromatic rings. The fraction of sp³-hybridized carbons (Fsp3) is 0.0833. The third-order valence-electron chi connectivity index (χ3n) is 2.33. The van der Waals surface area contributed by atoms with E-state index in [4.69, 9.17) is 34.0 Å². The Bertz CT molecular complexity index is 558. The number of hydrogen-bond acceptors (Lipinski definition) is 3. The molecule has 0 radical (unpaired) electrons. The predicted octanol–water partition coefficient (Wildman–Crippen LogP) is 3.13. The number of anilines is 1. The number of nitrogen functional groups attached to an aromatic ring is 1. The highest BCUT2D eigenvalue weighted by atomic mass is 35.5. The molecule has 1 heterocycles. The van der Waals surface area contributed by atoms with Crippen LogP contribution in [0, 0.1) is 0 Å². The highest BCUT2D eigenvalue weighted by molar-refractivity contribution is 6.36. The van der Waals surface area contributed by atoms with Crippen molar-refractivity contribution in [3.63, 3.8) is 0 Å². The van der Waals surface area contributed by atoms with Gasteiger partial charge in [0.25, 0.3) is 0 Å². The zero-order valence-electron chi connectivity index (χ0n) is 8.82. The number of aliphatic hydroxyl groups is 1. The van der Waals surface area contributed by atoms with E-state index >= 15 is 0 Å². The first kappa shape index (κ1) is 12.2. The Balaban J connectivity index is 2.59. The van der Waals surface area contributed by atoms with E-state index in [2.05, 4.69) is 4.98 Å². The lowest BCUT2D eigenvalue weighted by molar-refractivity contribution is 0.277. The molecular formula is C12H10Cl2N2O. The van der Waals surface area contributed by atoms with Crippen molar-refractivity contribution in [2.45, 2.75) is 6.61 Å². The van der Waals surface area contributed by atoms with Crippen LogP contribution in [0.15, 0.2) is 30.3 Å². The Morgan fingerprint density at radius 1 is 1.18 bits per heavy atom. The monoisotopic (exact) mass is 268 g/mol. The average molecular weight is 269 g/mol. The van der Waals surface area contributed by atoms with Crippen LogP contribution in [0.25, 0.3) is 11.3 Å². The second kappa shape index (κ2) is 4.92. The highest BCUT2D eigenvalue weighted by Crippen LogP contribution is 2.32. The smallest absolute Gasteiger partial charge is 0.0950 e. The molecule has 2 rings (SSSR count). The predicted molar refractivity (Wildman–Crippen MR) is 70.0 cm³/mol. The molecule has 0 fully saturated rings. The minimum absolute atomic E-state index is 0.140. The van der Waals surface area contributed by atoms with Gasteiger partial charge in [0.05, 0.1) is 28.7 Å². The summed E-state index contributed by atoms with van der Waals surface area (Å²) in [6.45, 7) is -0.140. The second-order valence-electron chi connectivity index (χ2n) is 3.52. The molecule has 0 saturated heterocycles. The highest BCUT2D eigenvalue weighted by Gasteiger charge is 2.10. The van der Waals surface area contributed by atoms with Gasteiger partial charge in [-0.2, -0.15) is 0 Å². The number of rotatable bonds is 2. The first-order valence-electron chi connectivity index (χ1n) is 4.93. The largest absolute Gasteiger partial charge is 0.397 e. The van der Waals surface area contributed by atoms with Crippen LogP contribution in [0.1, 0.15) is 5.69 Å². The number of halogens is 2. The fourth-order valence-electron chi connectivity index (χ4n) is 1.50. The standard InChI is InChI=1S/C12H10Cl2N2O/c13-7-1-3-9(10(14)5-7)12-11(15)4-2-8(6-17)16-12/h1-5,17H,6,15H2. The minimum Gasteiger partial charge on any atom is -0.397 e. The SMILES string of the molecule is Nc1ccc(CO)nc1-c1ccc(Cl)cc1Cl. The number of nitrogens with zero attached hydrogens (tertiary/aromatic N) is 1. The molecule has 0 saturated carbocycles. The topological polar surface area (TPSA) is 59.1 Å². The van der Waals surface area contributed by atoms with Gasteiger partial charge >= 0.3 is 0 Å². The van der Waals surface area contributed by atoms with Gasteiger partial charge in [-0.15, -0.1) is 0 Å². The molecule has 0 atom stereocenters. The fourth-order valence-corrected chi connectivity index (χ4v) is 1.99. The molecule has 3 nitrogen and oxygen atoms in total. The van der Waals surface area contributed by atoms with E-state index in [0.717, 1.165) is 0 Å². The van der Waals surface area contributed by atoms with Gasteiger partial charge in [-0.3, -0.25) is 0 Å². The lowest BCUT2D eigenvalue weighted by atomic mass is 10.1. The number of aromatic nitrogens is 1. The molecule has 17 heavy (non-hydrogen) atoms. The molecule has 0 bridgehead atoms. The summed E-state index contributed by atoms with van der Waals surface area (Å²) < 4.78 is 0. The zero-order valence-corrected chi connectivity index (χ0v) is 10.3. The van der Waals surface area contributed by atoms with E-state index in [9.17, 15) is 0 Å². The minimum atomic E-state index is -0.140. The van der Waals surface area contributed by atoms with Crippen LogP contribution in [0.2, 0.25) is 10.0 Å². The van der Waals surface area contributed by atoms with Gasteiger partial charge in [0.2, 0.25) is 0 Å². The van der Waals surface area contributed by atoms with E-state index in [1.807, 2.05) is 0 Å². The van der Waals surface area contributed by atoms with Crippen molar-refractivity contribution in [2.75, 3.05) is 5.73 Å². The van der Waals surface area contributed by atoms with Gasteiger partial charge in [-0.1, -0.05) is 23.2 Å². The average Bonchev–Trinajstić information content (AvgIpc) is 2.30. The van der Waals surface area contributed by atoms with Crippen LogP contribution in [0.5, 0.6) is 0 Å². The summed E-state index contributed by atoms with van der Waals surface area (Å²) >= 11 is 11.9. The molecule has 0 amide bonds. The van der Waals surface area contributed by atoms with Crippen LogP contribution >= 0.6 is 23.2 Å². The molecule has 0 spiro atoms. The lowest BCUT2D eigenvalue weighted by Crippen LogP contribution is -1.98. The van der Waals surface area contributed by atoms with Crippen LogP contribution in [0.3, 0.4) is 0 Å². The maximum absolute atomic E-state index is 9.06. The summed E-state index contributed by atoms with van der Waals surface area (Å²) in [6, 6.07) is 8.46. The normalized spacial score (nSPS) is 10.5. The second-order valence-corrected chi connectivity index (χ2v) is 4.37. The summed E-state index contributed by atoms with van der Waals surface area (Å²) in [4.78, 5) is 4.25. The van der Waals surface area contributed by atoms with Gasteiger partial charge in [-0.25, -0.2) is 4.98 Å². The van der Waals surface area contributed by atoms with Crippen molar-refractivity contribution in [1.29, 1.82) is 0 Å². The Labute approximate surface area is 109 Å². The first-order chi connectivity index (χ1) is 8.11. The Morgan fingerprint density at radius 2 is 1.94 bits per heavy atom. The van der Waals surface area contributed by atoms with Crippen molar-refractivity contribution in [2.24, 2.45) is 0 Å². The third kappa shape index (κ3) is 2.52. The third-order valence-corrected chi connectivity index (χ3v) is 2.88. The van der Waals surface area contributed by atoms with E-state index in [1.165, 1.54) is 0 Å². The number of hydrogen-bond donors (Lipinski definition) is 2. The van der Waals surface area contributed by atoms with Gasteiger partial charge < -0.3 is 10.8 Å². The molecule has 0 unspecified atom stereocenters. The van der Waals surface area contributed by atoms with Crippen LogP contribution in [-0.4, -0.2) is 10.1 Å². The van der Waals surface area contributed by atoms with E-state index in [0.29, 0.717) is 32.7 Å². The number of aliphatic hydroxyl groups excluding tert-OH is 1. The Morgan fingerprint density at radius 3 is 2.59 bits per heavy atom. The van der Waals surface area contributed by atoms with E-state index < -0.39 is 0 Å². The van der Waals surface area contributed by atoms with E-state index in [1.54, 1.807) is 30.3 Å².